The molecule has 1 amide bonds. The number of H-pyrrole nitrogens is 1. The van der Waals surface area contributed by atoms with Crippen LogP contribution < -0.4 is 16.2 Å². The molecule has 1 aromatic carbocycles. The van der Waals surface area contributed by atoms with Crippen molar-refractivity contribution < 1.29 is 4.79 Å². The Balaban J connectivity index is 2.28. The van der Waals surface area contributed by atoms with Gasteiger partial charge in [-0.2, -0.15) is 0 Å². The van der Waals surface area contributed by atoms with Gasteiger partial charge in [-0.1, -0.05) is 15.9 Å². The SMILES string of the molecule is CNC(=O)CNCc1nc2c(Br)cc(Br)cc2c(=O)[nH]1. The van der Waals surface area contributed by atoms with Crippen molar-refractivity contribution in [3.63, 3.8) is 0 Å². The number of hydrogen-bond acceptors (Lipinski definition) is 4. The third-order valence-corrected chi connectivity index (χ3v) is 3.70. The highest BCUT2D eigenvalue weighted by Gasteiger charge is 2.08. The summed E-state index contributed by atoms with van der Waals surface area (Å²) >= 11 is 6.72. The number of hydrogen-bond donors (Lipinski definition) is 3. The van der Waals surface area contributed by atoms with E-state index in [2.05, 4.69) is 52.5 Å². The summed E-state index contributed by atoms with van der Waals surface area (Å²) in [6.07, 6.45) is 0. The molecule has 2 aromatic rings. The van der Waals surface area contributed by atoms with Gasteiger partial charge in [0.25, 0.3) is 5.56 Å². The van der Waals surface area contributed by atoms with Crippen LogP contribution in [-0.2, 0) is 11.3 Å². The maximum absolute atomic E-state index is 12.0. The minimum absolute atomic E-state index is 0.127. The summed E-state index contributed by atoms with van der Waals surface area (Å²) in [7, 11) is 1.56. The molecule has 20 heavy (non-hydrogen) atoms. The van der Waals surface area contributed by atoms with Crippen molar-refractivity contribution in [3.8, 4) is 0 Å². The maximum atomic E-state index is 12.0. The number of likely N-dealkylation sites (N-methyl/N-ethyl adjacent to an activating group) is 1. The van der Waals surface area contributed by atoms with Gasteiger partial charge in [0.15, 0.2) is 0 Å². The first-order valence-corrected chi connectivity index (χ1v) is 7.39. The summed E-state index contributed by atoms with van der Waals surface area (Å²) < 4.78 is 1.54. The first-order chi connectivity index (χ1) is 9.51. The van der Waals surface area contributed by atoms with E-state index in [-0.39, 0.29) is 18.0 Å². The summed E-state index contributed by atoms with van der Waals surface area (Å²) in [4.78, 5) is 30.2. The molecule has 106 valence electrons. The number of benzene rings is 1. The second kappa shape index (κ2) is 6.47. The minimum Gasteiger partial charge on any atom is -0.358 e. The van der Waals surface area contributed by atoms with Crippen molar-refractivity contribution in [2.24, 2.45) is 0 Å². The average Bonchev–Trinajstić information content (AvgIpc) is 2.40. The van der Waals surface area contributed by atoms with Crippen molar-refractivity contribution in [1.29, 1.82) is 0 Å². The Morgan fingerprint density at radius 3 is 2.85 bits per heavy atom. The van der Waals surface area contributed by atoms with Crippen molar-refractivity contribution in [1.82, 2.24) is 20.6 Å². The summed E-state index contributed by atoms with van der Waals surface area (Å²) in [5, 5.41) is 5.91. The van der Waals surface area contributed by atoms with Gasteiger partial charge in [0.2, 0.25) is 5.91 Å². The molecule has 0 atom stereocenters. The van der Waals surface area contributed by atoms with Crippen LogP contribution in [0.25, 0.3) is 10.9 Å². The Bertz CT molecular complexity index is 714. The number of fused-ring (bicyclic) bond motifs is 1. The van der Waals surface area contributed by atoms with Crippen molar-refractivity contribution in [2.75, 3.05) is 13.6 Å². The van der Waals surface area contributed by atoms with Gasteiger partial charge >= 0.3 is 0 Å². The van der Waals surface area contributed by atoms with E-state index in [0.29, 0.717) is 23.3 Å². The number of amides is 1. The highest BCUT2D eigenvalue weighted by Crippen LogP contribution is 2.24. The fraction of sp³-hybridized carbons (Fsp3) is 0.250. The molecule has 0 saturated carbocycles. The molecule has 0 aliphatic rings. The van der Waals surface area contributed by atoms with Crippen LogP contribution in [0.15, 0.2) is 25.9 Å². The third-order valence-electron chi connectivity index (χ3n) is 2.63. The van der Waals surface area contributed by atoms with Crippen LogP contribution in [0.2, 0.25) is 0 Å². The Hall–Kier alpha value is -1.25. The number of nitrogens with one attached hydrogen (secondary N) is 3. The second-order valence-corrected chi connectivity index (χ2v) is 5.84. The lowest BCUT2D eigenvalue weighted by Gasteiger charge is -2.06. The van der Waals surface area contributed by atoms with E-state index < -0.39 is 0 Å². The van der Waals surface area contributed by atoms with E-state index in [1.54, 1.807) is 13.1 Å². The molecule has 0 radical (unpaired) electrons. The van der Waals surface area contributed by atoms with Crippen molar-refractivity contribution in [3.05, 3.63) is 37.3 Å². The molecule has 0 fully saturated rings. The van der Waals surface area contributed by atoms with E-state index >= 15 is 0 Å². The molecular formula is C12H12Br2N4O2. The lowest BCUT2D eigenvalue weighted by Crippen LogP contribution is -2.31. The molecular weight excluding hydrogens is 392 g/mol. The molecule has 1 heterocycles. The number of rotatable bonds is 4. The van der Waals surface area contributed by atoms with Crippen LogP contribution >= 0.6 is 31.9 Å². The zero-order valence-corrected chi connectivity index (χ0v) is 13.8. The molecule has 1 aromatic heterocycles. The predicted octanol–water partition coefficient (Wildman–Crippen LogP) is 1.28. The largest absolute Gasteiger partial charge is 0.358 e. The standard InChI is InChI=1S/C12H12Br2N4O2/c1-15-10(19)5-16-4-9-17-11-7(12(20)18-9)2-6(13)3-8(11)14/h2-3,16H,4-5H2,1H3,(H,15,19)(H,17,18,20). The zero-order chi connectivity index (χ0) is 14.7. The van der Waals surface area contributed by atoms with Gasteiger partial charge in [-0.15, -0.1) is 0 Å². The molecule has 0 bridgehead atoms. The zero-order valence-electron chi connectivity index (χ0n) is 10.6. The number of halogens is 2. The molecule has 0 unspecified atom stereocenters. The quantitative estimate of drug-likeness (QED) is 0.717. The fourth-order valence-electron chi connectivity index (χ4n) is 1.68. The Morgan fingerprint density at radius 1 is 1.40 bits per heavy atom. The smallest absolute Gasteiger partial charge is 0.258 e. The first kappa shape index (κ1) is 15.1. The summed E-state index contributed by atoms with van der Waals surface area (Å²) in [5.41, 5.74) is 0.377. The van der Waals surface area contributed by atoms with E-state index in [0.717, 1.165) is 8.95 Å². The molecule has 6 nitrogen and oxygen atoms in total. The third kappa shape index (κ3) is 3.44. The van der Waals surface area contributed by atoms with Crippen molar-refractivity contribution in [2.45, 2.75) is 6.54 Å². The Kier molecular flexibility index (Phi) is 4.90. The topological polar surface area (TPSA) is 86.9 Å². The maximum Gasteiger partial charge on any atom is 0.258 e. The van der Waals surface area contributed by atoms with E-state index in [1.807, 2.05) is 6.07 Å². The molecule has 8 heteroatoms. The minimum atomic E-state index is -0.214. The van der Waals surface area contributed by atoms with Gasteiger partial charge < -0.3 is 15.6 Å². The van der Waals surface area contributed by atoms with Gasteiger partial charge in [-0.05, 0) is 28.1 Å². The first-order valence-electron chi connectivity index (χ1n) is 5.80. The van der Waals surface area contributed by atoms with Gasteiger partial charge in [-0.25, -0.2) is 4.98 Å². The monoisotopic (exact) mass is 402 g/mol. The normalized spacial score (nSPS) is 10.8. The molecule has 0 saturated heterocycles. The number of carbonyl (C=O) groups is 1. The van der Waals surface area contributed by atoms with Crippen LogP contribution in [0.4, 0.5) is 0 Å². The van der Waals surface area contributed by atoms with Crippen LogP contribution in [0.5, 0.6) is 0 Å². The van der Waals surface area contributed by atoms with Crippen LogP contribution in [0.3, 0.4) is 0 Å². The highest BCUT2D eigenvalue weighted by molar-refractivity contribution is 9.11. The van der Waals surface area contributed by atoms with Crippen LogP contribution in [-0.4, -0.2) is 29.5 Å². The van der Waals surface area contributed by atoms with E-state index in [9.17, 15) is 9.59 Å². The van der Waals surface area contributed by atoms with Gasteiger partial charge in [-0.3, -0.25) is 9.59 Å². The number of nitrogens with zero attached hydrogens (tertiary/aromatic N) is 1. The Labute approximate surface area is 131 Å². The summed E-state index contributed by atoms with van der Waals surface area (Å²) in [5.74, 6) is 0.354. The van der Waals surface area contributed by atoms with Gasteiger partial charge in [0, 0.05) is 16.0 Å². The number of aromatic amines is 1. The number of carbonyl (C=O) groups excluding carboxylic acids is 1. The van der Waals surface area contributed by atoms with Gasteiger partial charge in [0.05, 0.1) is 24.0 Å². The summed E-state index contributed by atoms with van der Waals surface area (Å²) in [6, 6.07) is 3.55. The molecule has 0 aliphatic carbocycles. The summed E-state index contributed by atoms with van der Waals surface area (Å²) in [6.45, 7) is 0.473. The van der Waals surface area contributed by atoms with Gasteiger partial charge in [0.1, 0.15) is 5.82 Å². The molecule has 0 spiro atoms. The molecule has 2 rings (SSSR count). The Morgan fingerprint density at radius 2 is 2.15 bits per heavy atom. The highest BCUT2D eigenvalue weighted by atomic mass is 79.9. The molecule has 3 N–H and O–H groups in total. The fourth-order valence-corrected chi connectivity index (χ4v) is 2.99. The van der Waals surface area contributed by atoms with Crippen LogP contribution in [0, 0.1) is 0 Å². The lowest BCUT2D eigenvalue weighted by atomic mass is 10.2. The lowest BCUT2D eigenvalue weighted by molar-refractivity contribution is -0.119. The average molecular weight is 404 g/mol. The predicted molar refractivity (Wildman–Crippen MR) is 83.5 cm³/mol. The second-order valence-electron chi connectivity index (χ2n) is 4.07. The van der Waals surface area contributed by atoms with Crippen molar-refractivity contribution >= 4 is 48.7 Å². The van der Waals surface area contributed by atoms with Crippen LogP contribution in [0.1, 0.15) is 5.82 Å². The van der Waals surface area contributed by atoms with E-state index in [4.69, 9.17) is 0 Å². The molecule has 0 aliphatic heterocycles. The van der Waals surface area contributed by atoms with E-state index in [1.165, 1.54) is 0 Å². The number of aromatic nitrogens is 2.